The van der Waals surface area contributed by atoms with Crippen LogP contribution in [0, 0.1) is 0 Å². The lowest BCUT2D eigenvalue weighted by molar-refractivity contribution is -0.130. The highest BCUT2D eigenvalue weighted by Gasteiger charge is 2.24. The summed E-state index contributed by atoms with van der Waals surface area (Å²) < 4.78 is 0. The van der Waals surface area contributed by atoms with Crippen molar-refractivity contribution in [3.05, 3.63) is 35.0 Å². The van der Waals surface area contributed by atoms with Crippen LogP contribution >= 0.6 is 11.6 Å². The quantitative estimate of drug-likeness (QED) is 0.877. The maximum absolute atomic E-state index is 12.6. The predicted molar refractivity (Wildman–Crippen MR) is 81.5 cm³/mol. The van der Waals surface area contributed by atoms with E-state index in [1.165, 1.54) is 0 Å². The molecule has 0 aliphatic carbocycles. The fourth-order valence-corrected chi connectivity index (χ4v) is 2.84. The van der Waals surface area contributed by atoms with Crippen LogP contribution in [-0.2, 0) is 4.79 Å². The maximum Gasteiger partial charge on any atom is 0.256 e. The molecule has 1 aromatic heterocycles. The number of piperazine rings is 1. The number of hydrogen-bond acceptors (Lipinski definition) is 2. The lowest BCUT2D eigenvalue weighted by atomic mass is 10.1. The Labute approximate surface area is 127 Å². The van der Waals surface area contributed by atoms with Gasteiger partial charge in [-0.2, -0.15) is 0 Å². The zero-order chi connectivity index (χ0) is 15.0. The summed E-state index contributed by atoms with van der Waals surface area (Å²) in [6, 6.07) is 5.44. The molecule has 1 saturated heterocycles. The summed E-state index contributed by atoms with van der Waals surface area (Å²) in [5.41, 5.74) is 1.51. The summed E-state index contributed by atoms with van der Waals surface area (Å²) in [6.45, 7) is 3.88. The molecular weight excluding hydrogens is 290 g/mol. The Hall–Kier alpha value is -2.01. The van der Waals surface area contributed by atoms with Gasteiger partial charge in [-0.1, -0.05) is 17.7 Å². The molecule has 2 aromatic rings. The Morgan fingerprint density at radius 1 is 1.14 bits per heavy atom. The van der Waals surface area contributed by atoms with E-state index in [2.05, 4.69) is 4.98 Å². The third-order valence-corrected chi connectivity index (χ3v) is 4.12. The standard InChI is InChI=1S/C15H16ClN3O2/c1-10(20)18-4-6-19(7-5-18)15(21)13-9-17-14-8-11(16)2-3-12(13)14/h2-3,8-9,17H,4-7H2,1H3. The first-order valence-electron chi connectivity index (χ1n) is 6.87. The van der Waals surface area contributed by atoms with Crippen LogP contribution in [0.25, 0.3) is 10.9 Å². The number of aromatic nitrogens is 1. The number of carbonyl (C=O) groups excluding carboxylic acids is 2. The van der Waals surface area contributed by atoms with Crippen molar-refractivity contribution in [3.63, 3.8) is 0 Å². The van der Waals surface area contributed by atoms with Gasteiger partial charge in [-0.05, 0) is 12.1 Å². The number of hydrogen-bond donors (Lipinski definition) is 1. The molecule has 1 N–H and O–H groups in total. The van der Waals surface area contributed by atoms with Crippen LogP contribution in [0.4, 0.5) is 0 Å². The van der Waals surface area contributed by atoms with E-state index in [0.29, 0.717) is 36.8 Å². The minimum absolute atomic E-state index is 0.00762. The molecule has 5 nitrogen and oxygen atoms in total. The van der Waals surface area contributed by atoms with Gasteiger partial charge in [-0.15, -0.1) is 0 Å². The molecule has 1 aliphatic rings. The van der Waals surface area contributed by atoms with Gasteiger partial charge in [0.05, 0.1) is 5.56 Å². The zero-order valence-electron chi connectivity index (χ0n) is 11.7. The van der Waals surface area contributed by atoms with E-state index in [1.54, 1.807) is 35.1 Å². The van der Waals surface area contributed by atoms with Crippen LogP contribution < -0.4 is 0 Å². The van der Waals surface area contributed by atoms with Crippen LogP contribution in [0.3, 0.4) is 0 Å². The molecule has 3 rings (SSSR count). The number of benzene rings is 1. The fourth-order valence-electron chi connectivity index (χ4n) is 2.67. The summed E-state index contributed by atoms with van der Waals surface area (Å²) in [7, 11) is 0. The third-order valence-electron chi connectivity index (χ3n) is 3.89. The van der Waals surface area contributed by atoms with Gasteiger partial charge in [-0.25, -0.2) is 0 Å². The van der Waals surface area contributed by atoms with Crippen LogP contribution in [0.1, 0.15) is 17.3 Å². The molecule has 0 bridgehead atoms. The average Bonchev–Trinajstić information content (AvgIpc) is 2.89. The molecule has 1 aliphatic heterocycles. The van der Waals surface area contributed by atoms with Crippen LogP contribution in [-0.4, -0.2) is 52.8 Å². The fraction of sp³-hybridized carbons (Fsp3) is 0.333. The summed E-state index contributed by atoms with van der Waals surface area (Å²) in [5, 5.41) is 1.51. The SMILES string of the molecule is CC(=O)N1CCN(C(=O)c2c[nH]c3cc(Cl)ccc23)CC1. The minimum Gasteiger partial charge on any atom is -0.360 e. The summed E-state index contributed by atoms with van der Waals surface area (Å²) >= 11 is 5.95. The molecule has 0 saturated carbocycles. The summed E-state index contributed by atoms with van der Waals surface area (Å²) in [6.07, 6.45) is 1.72. The number of carbonyl (C=O) groups is 2. The Morgan fingerprint density at radius 2 is 1.81 bits per heavy atom. The largest absolute Gasteiger partial charge is 0.360 e. The van der Waals surface area contributed by atoms with Gasteiger partial charge in [0, 0.05) is 55.2 Å². The van der Waals surface area contributed by atoms with Gasteiger partial charge >= 0.3 is 0 Å². The first-order valence-corrected chi connectivity index (χ1v) is 7.25. The van der Waals surface area contributed by atoms with Gasteiger partial charge < -0.3 is 14.8 Å². The van der Waals surface area contributed by atoms with Crippen molar-refractivity contribution < 1.29 is 9.59 Å². The van der Waals surface area contributed by atoms with Gasteiger partial charge in [-0.3, -0.25) is 9.59 Å². The highest BCUT2D eigenvalue weighted by atomic mass is 35.5. The van der Waals surface area contributed by atoms with Crippen LogP contribution in [0.15, 0.2) is 24.4 Å². The summed E-state index contributed by atoms with van der Waals surface area (Å²) in [5.74, 6) is 0.0515. The monoisotopic (exact) mass is 305 g/mol. The lowest BCUT2D eigenvalue weighted by Crippen LogP contribution is -2.50. The second-order valence-electron chi connectivity index (χ2n) is 5.19. The number of nitrogens with zero attached hydrogens (tertiary/aromatic N) is 2. The first-order chi connectivity index (χ1) is 10.1. The Kier molecular flexibility index (Phi) is 3.59. The number of fused-ring (bicyclic) bond motifs is 1. The first kappa shape index (κ1) is 13.9. The van der Waals surface area contributed by atoms with E-state index in [9.17, 15) is 9.59 Å². The molecule has 2 heterocycles. The molecule has 0 spiro atoms. The molecule has 21 heavy (non-hydrogen) atoms. The normalized spacial score (nSPS) is 15.5. The van der Waals surface area contributed by atoms with Gasteiger partial charge in [0.2, 0.25) is 5.91 Å². The molecule has 1 fully saturated rings. The molecule has 2 amide bonds. The highest BCUT2D eigenvalue weighted by molar-refractivity contribution is 6.31. The van der Waals surface area contributed by atoms with Crippen LogP contribution in [0.5, 0.6) is 0 Å². The van der Waals surface area contributed by atoms with Crippen molar-refractivity contribution in [2.75, 3.05) is 26.2 Å². The zero-order valence-corrected chi connectivity index (χ0v) is 12.5. The summed E-state index contributed by atoms with van der Waals surface area (Å²) in [4.78, 5) is 30.6. The van der Waals surface area contributed by atoms with E-state index < -0.39 is 0 Å². The number of amides is 2. The van der Waals surface area contributed by atoms with Crippen molar-refractivity contribution in [1.29, 1.82) is 0 Å². The van der Waals surface area contributed by atoms with Crippen molar-refractivity contribution in [2.24, 2.45) is 0 Å². The van der Waals surface area contributed by atoms with Gasteiger partial charge in [0.1, 0.15) is 0 Å². The molecule has 0 unspecified atom stereocenters. The van der Waals surface area contributed by atoms with Crippen molar-refractivity contribution in [2.45, 2.75) is 6.92 Å². The van der Waals surface area contributed by atoms with Crippen molar-refractivity contribution >= 4 is 34.3 Å². The Balaban J connectivity index is 1.80. The second-order valence-corrected chi connectivity index (χ2v) is 5.63. The second kappa shape index (κ2) is 5.41. The lowest BCUT2D eigenvalue weighted by Gasteiger charge is -2.34. The number of aromatic amines is 1. The third kappa shape index (κ3) is 2.61. The topological polar surface area (TPSA) is 56.4 Å². The van der Waals surface area contributed by atoms with E-state index in [-0.39, 0.29) is 11.8 Å². The average molecular weight is 306 g/mol. The Bertz CT molecular complexity index is 702. The van der Waals surface area contributed by atoms with E-state index >= 15 is 0 Å². The van der Waals surface area contributed by atoms with E-state index in [1.807, 2.05) is 6.07 Å². The minimum atomic E-state index is -0.00762. The molecular formula is C15H16ClN3O2. The van der Waals surface area contributed by atoms with E-state index in [4.69, 9.17) is 11.6 Å². The molecule has 0 atom stereocenters. The van der Waals surface area contributed by atoms with E-state index in [0.717, 1.165) is 10.9 Å². The Morgan fingerprint density at radius 3 is 2.48 bits per heavy atom. The predicted octanol–water partition coefficient (Wildman–Crippen LogP) is 2.13. The van der Waals surface area contributed by atoms with Crippen molar-refractivity contribution in [3.8, 4) is 0 Å². The smallest absolute Gasteiger partial charge is 0.256 e. The number of nitrogens with one attached hydrogen (secondary N) is 1. The number of halogens is 1. The maximum atomic E-state index is 12.6. The highest BCUT2D eigenvalue weighted by Crippen LogP contribution is 2.23. The molecule has 0 radical (unpaired) electrons. The number of rotatable bonds is 1. The molecule has 110 valence electrons. The van der Waals surface area contributed by atoms with Gasteiger partial charge in [0.25, 0.3) is 5.91 Å². The van der Waals surface area contributed by atoms with Crippen LogP contribution in [0.2, 0.25) is 5.02 Å². The molecule has 6 heteroatoms. The molecule has 1 aromatic carbocycles. The van der Waals surface area contributed by atoms with Gasteiger partial charge in [0.15, 0.2) is 0 Å². The number of H-pyrrole nitrogens is 1. The van der Waals surface area contributed by atoms with Crippen molar-refractivity contribution in [1.82, 2.24) is 14.8 Å².